The van der Waals surface area contributed by atoms with Crippen molar-refractivity contribution in [2.45, 2.75) is 26.3 Å². The third kappa shape index (κ3) is 4.21. The lowest BCUT2D eigenvalue weighted by Crippen LogP contribution is -2.33. The highest BCUT2D eigenvalue weighted by Gasteiger charge is 2.22. The van der Waals surface area contributed by atoms with Crippen LogP contribution in [0.25, 0.3) is 11.0 Å². The molecule has 8 nitrogen and oxygen atoms in total. The molecule has 0 aromatic carbocycles. The third-order valence-electron chi connectivity index (χ3n) is 5.02. The molecule has 1 aliphatic heterocycles. The molecule has 0 unspecified atom stereocenters. The van der Waals surface area contributed by atoms with Crippen molar-refractivity contribution >= 4 is 29.6 Å². The van der Waals surface area contributed by atoms with Gasteiger partial charge in [-0.2, -0.15) is 0 Å². The summed E-state index contributed by atoms with van der Waals surface area (Å²) in [6.45, 7) is 4.48. The molecule has 0 radical (unpaired) electrons. The van der Waals surface area contributed by atoms with E-state index in [1.807, 2.05) is 4.57 Å². The zero-order valence-electron chi connectivity index (χ0n) is 15.6. The van der Waals surface area contributed by atoms with Crippen molar-refractivity contribution in [2.24, 2.45) is 5.92 Å². The molecule has 1 fully saturated rings. The Labute approximate surface area is 157 Å². The van der Waals surface area contributed by atoms with Gasteiger partial charge in [-0.3, -0.25) is 4.79 Å². The predicted molar refractivity (Wildman–Crippen MR) is 102 cm³/mol. The number of piperidine rings is 1. The number of pyridine rings is 2. The molecule has 9 heteroatoms. The van der Waals surface area contributed by atoms with Crippen LogP contribution < -0.4 is 10.9 Å². The maximum absolute atomic E-state index is 12.8. The van der Waals surface area contributed by atoms with Gasteiger partial charge in [-0.25, -0.2) is 9.78 Å². The van der Waals surface area contributed by atoms with Gasteiger partial charge in [0.15, 0.2) is 0 Å². The van der Waals surface area contributed by atoms with Gasteiger partial charge in [-0.1, -0.05) is 0 Å². The van der Waals surface area contributed by atoms with Gasteiger partial charge in [0.25, 0.3) is 0 Å². The number of likely N-dealkylation sites (tertiary alicyclic amines) is 1. The molecule has 0 spiro atoms. The Morgan fingerprint density at radius 1 is 1.37 bits per heavy atom. The highest BCUT2D eigenvalue weighted by molar-refractivity contribution is 6.58. The Morgan fingerprint density at radius 3 is 2.70 bits per heavy atom. The van der Waals surface area contributed by atoms with E-state index in [-0.39, 0.29) is 23.0 Å². The van der Waals surface area contributed by atoms with Gasteiger partial charge >= 0.3 is 13.1 Å². The van der Waals surface area contributed by atoms with E-state index in [9.17, 15) is 19.6 Å². The molecule has 1 aliphatic rings. The first kappa shape index (κ1) is 19.5. The van der Waals surface area contributed by atoms with Crippen molar-refractivity contribution < 1.29 is 19.6 Å². The number of esters is 1. The van der Waals surface area contributed by atoms with Gasteiger partial charge in [0.05, 0.1) is 12.0 Å². The van der Waals surface area contributed by atoms with E-state index in [2.05, 4.69) is 16.9 Å². The zero-order chi connectivity index (χ0) is 19.6. The van der Waals surface area contributed by atoms with E-state index in [0.717, 1.165) is 25.9 Å². The van der Waals surface area contributed by atoms with Gasteiger partial charge < -0.3 is 24.3 Å². The van der Waals surface area contributed by atoms with Crippen LogP contribution in [0.4, 0.5) is 0 Å². The molecule has 0 aliphatic carbocycles. The topological polar surface area (TPSA) is 105 Å². The van der Waals surface area contributed by atoms with Crippen LogP contribution in [0.2, 0.25) is 0 Å². The summed E-state index contributed by atoms with van der Waals surface area (Å²) in [5.74, 6) is -0.275. The first-order valence-electron chi connectivity index (χ1n) is 9.15. The van der Waals surface area contributed by atoms with Crippen LogP contribution in [-0.2, 0) is 11.3 Å². The smallest absolute Gasteiger partial charge is 0.462 e. The van der Waals surface area contributed by atoms with E-state index in [0.29, 0.717) is 18.1 Å². The fourth-order valence-electron chi connectivity index (χ4n) is 3.45. The Hall–Kier alpha value is -2.23. The van der Waals surface area contributed by atoms with Crippen LogP contribution in [0.1, 0.15) is 30.1 Å². The lowest BCUT2D eigenvalue weighted by Gasteiger charge is -2.29. The number of aromatic nitrogens is 2. The molecular weight excluding hydrogens is 349 g/mol. The molecule has 2 N–H and O–H groups in total. The van der Waals surface area contributed by atoms with E-state index in [1.165, 1.54) is 18.5 Å². The van der Waals surface area contributed by atoms with Crippen molar-refractivity contribution in [3.8, 4) is 0 Å². The molecule has 0 amide bonds. The van der Waals surface area contributed by atoms with Crippen molar-refractivity contribution in [2.75, 3.05) is 26.7 Å². The number of ether oxygens (including phenoxy) is 1. The molecule has 3 heterocycles. The normalized spacial score (nSPS) is 15.9. The van der Waals surface area contributed by atoms with E-state index in [1.54, 1.807) is 6.92 Å². The standard InChI is InChI=1S/C18H24BN3O5/c1-3-27-18(24)15-11-22(10-12-4-6-21(2)7-5-12)17-14(16(15)23)8-13(9-20-17)19(25)26/h8-9,11-12,25-26H,3-7,10H2,1-2H3. The van der Waals surface area contributed by atoms with Crippen LogP contribution in [0, 0.1) is 5.92 Å². The maximum atomic E-state index is 12.8. The summed E-state index contributed by atoms with van der Waals surface area (Å²) in [5.41, 5.74) is -0.0513. The molecule has 1 saturated heterocycles. The Kier molecular flexibility index (Phi) is 5.93. The minimum atomic E-state index is -1.74. The van der Waals surface area contributed by atoms with Crippen LogP contribution in [-0.4, -0.2) is 64.3 Å². The van der Waals surface area contributed by atoms with Gasteiger partial charge in [0.1, 0.15) is 11.2 Å². The molecule has 27 heavy (non-hydrogen) atoms. The largest absolute Gasteiger partial charge is 0.490 e. The molecule has 3 rings (SSSR count). The zero-order valence-corrected chi connectivity index (χ0v) is 15.6. The van der Waals surface area contributed by atoms with Crippen molar-refractivity contribution in [3.63, 3.8) is 0 Å². The van der Waals surface area contributed by atoms with Crippen molar-refractivity contribution in [1.29, 1.82) is 0 Å². The van der Waals surface area contributed by atoms with Gasteiger partial charge in [0.2, 0.25) is 5.43 Å². The summed E-state index contributed by atoms with van der Waals surface area (Å²) in [6.07, 6.45) is 4.89. The highest BCUT2D eigenvalue weighted by Crippen LogP contribution is 2.20. The average Bonchev–Trinajstić information content (AvgIpc) is 2.65. The molecule has 0 bridgehead atoms. The third-order valence-corrected chi connectivity index (χ3v) is 5.02. The summed E-state index contributed by atoms with van der Waals surface area (Å²) in [6, 6.07) is 1.38. The lowest BCUT2D eigenvalue weighted by atomic mass is 9.81. The Balaban J connectivity index is 2.08. The summed E-state index contributed by atoms with van der Waals surface area (Å²) < 4.78 is 6.83. The summed E-state index contributed by atoms with van der Waals surface area (Å²) >= 11 is 0. The Morgan fingerprint density at radius 2 is 2.07 bits per heavy atom. The number of carbonyl (C=O) groups is 1. The average molecular weight is 373 g/mol. The quantitative estimate of drug-likeness (QED) is 0.543. The maximum Gasteiger partial charge on any atom is 0.490 e. The van der Waals surface area contributed by atoms with Crippen LogP contribution in [0.3, 0.4) is 0 Å². The number of hydrogen-bond acceptors (Lipinski definition) is 7. The van der Waals surface area contributed by atoms with E-state index < -0.39 is 18.5 Å². The SMILES string of the molecule is CCOC(=O)c1cn(CC2CCN(C)CC2)c2ncc(B(O)O)cc2c1=O. The van der Waals surface area contributed by atoms with Gasteiger partial charge in [-0.15, -0.1) is 0 Å². The highest BCUT2D eigenvalue weighted by atomic mass is 16.5. The van der Waals surface area contributed by atoms with Gasteiger partial charge in [-0.05, 0) is 51.9 Å². The van der Waals surface area contributed by atoms with E-state index >= 15 is 0 Å². The first-order chi connectivity index (χ1) is 12.9. The summed E-state index contributed by atoms with van der Waals surface area (Å²) in [7, 11) is 0.350. The fourth-order valence-corrected chi connectivity index (χ4v) is 3.45. The number of fused-ring (bicyclic) bond motifs is 1. The first-order valence-corrected chi connectivity index (χ1v) is 9.15. The van der Waals surface area contributed by atoms with Crippen LogP contribution in [0.5, 0.6) is 0 Å². The van der Waals surface area contributed by atoms with Crippen LogP contribution in [0.15, 0.2) is 23.3 Å². The van der Waals surface area contributed by atoms with Crippen molar-refractivity contribution in [1.82, 2.24) is 14.5 Å². The minimum Gasteiger partial charge on any atom is -0.462 e. The van der Waals surface area contributed by atoms with Crippen LogP contribution >= 0.6 is 0 Å². The molecule has 0 atom stereocenters. The number of nitrogens with zero attached hydrogens (tertiary/aromatic N) is 3. The molecule has 0 saturated carbocycles. The predicted octanol–water partition coefficient (Wildman–Crippen LogP) is -0.405. The minimum absolute atomic E-state index is 0.0661. The Bertz CT molecular complexity index is 890. The van der Waals surface area contributed by atoms with Crippen molar-refractivity contribution in [3.05, 3.63) is 34.2 Å². The number of hydrogen-bond donors (Lipinski definition) is 2. The molecule has 2 aromatic rings. The van der Waals surface area contributed by atoms with Gasteiger partial charge in [0, 0.05) is 24.4 Å². The number of carbonyl (C=O) groups excluding carboxylic acids is 1. The second kappa shape index (κ2) is 8.20. The summed E-state index contributed by atoms with van der Waals surface area (Å²) in [5, 5.41) is 19.0. The van der Waals surface area contributed by atoms with E-state index in [4.69, 9.17) is 4.74 Å². The second-order valence-corrected chi connectivity index (χ2v) is 7.00. The summed E-state index contributed by atoms with van der Waals surface area (Å²) in [4.78, 5) is 31.6. The lowest BCUT2D eigenvalue weighted by molar-refractivity contribution is 0.0524. The molecule has 144 valence electrons. The number of rotatable bonds is 5. The molecule has 2 aromatic heterocycles. The monoisotopic (exact) mass is 373 g/mol. The molecular formula is C18H24BN3O5. The second-order valence-electron chi connectivity index (χ2n) is 7.00. The fraction of sp³-hybridized carbons (Fsp3) is 0.500.